The molecule has 0 aliphatic heterocycles. The van der Waals surface area contributed by atoms with Crippen LogP contribution >= 0.6 is 11.6 Å². The number of hydrogen-bond donors (Lipinski definition) is 0. The van der Waals surface area contributed by atoms with Gasteiger partial charge in [0.2, 0.25) is 0 Å². The predicted molar refractivity (Wildman–Crippen MR) is 87.7 cm³/mol. The monoisotopic (exact) mass is 336 g/mol. The largest absolute Gasteiger partial charge is 0.490 e. The molecule has 6 heteroatoms. The van der Waals surface area contributed by atoms with Crippen molar-refractivity contribution in [1.29, 1.82) is 0 Å². The van der Waals surface area contributed by atoms with Crippen molar-refractivity contribution in [3.63, 3.8) is 0 Å². The van der Waals surface area contributed by atoms with Crippen molar-refractivity contribution in [2.75, 3.05) is 13.7 Å². The van der Waals surface area contributed by atoms with Crippen LogP contribution in [0.1, 0.15) is 31.5 Å². The predicted octanol–water partition coefficient (Wildman–Crippen LogP) is 4.28. The molecule has 1 fully saturated rings. The Labute approximate surface area is 140 Å². The number of rotatable bonds is 6. The van der Waals surface area contributed by atoms with Crippen molar-refractivity contribution in [3.05, 3.63) is 29.0 Å². The van der Waals surface area contributed by atoms with Gasteiger partial charge in [-0.2, -0.15) is 4.98 Å². The summed E-state index contributed by atoms with van der Waals surface area (Å²) in [4.78, 5) is 4.26. The number of hydrogen-bond acceptors (Lipinski definition) is 5. The van der Waals surface area contributed by atoms with Gasteiger partial charge in [-0.25, -0.2) is 0 Å². The molecule has 0 bridgehead atoms. The summed E-state index contributed by atoms with van der Waals surface area (Å²) in [5.41, 5.74) is 0.708. The van der Waals surface area contributed by atoms with Gasteiger partial charge >= 0.3 is 0 Å². The van der Waals surface area contributed by atoms with Crippen LogP contribution in [0.15, 0.2) is 22.7 Å². The first kappa shape index (κ1) is 16.3. The van der Waals surface area contributed by atoms with Gasteiger partial charge in [0.15, 0.2) is 5.82 Å². The standard InChI is InChI=1S/C17H21ClN2O3/c1-11-19-17(23-20-11)14-9-13(18)7-8-15(14)22-10-16(21-2)12-5-3-4-6-12/h7-9,12,16H,3-6,10H2,1-2H3. The zero-order valence-electron chi connectivity index (χ0n) is 13.4. The van der Waals surface area contributed by atoms with Crippen LogP contribution in [0, 0.1) is 12.8 Å². The van der Waals surface area contributed by atoms with Crippen molar-refractivity contribution in [3.8, 4) is 17.2 Å². The van der Waals surface area contributed by atoms with E-state index in [9.17, 15) is 0 Å². The van der Waals surface area contributed by atoms with Crippen LogP contribution in [0.2, 0.25) is 5.02 Å². The Morgan fingerprint density at radius 1 is 1.35 bits per heavy atom. The van der Waals surface area contributed by atoms with E-state index in [1.807, 2.05) is 6.07 Å². The number of benzene rings is 1. The summed E-state index contributed by atoms with van der Waals surface area (Å²) in [7, 11) is 1.75. The van der Waals surface area contributed by atoms with Gasteiger partial charge in [0, 0.05) is 12.1 Å². The summed E-state index contributed by atoms with van der Waals surface area (Å²) >= 11 is 6.10. The highest BCUT2D eigenvalue weighted by molar-refractivity contribution is 6.30. The first-order chi connectivity index (χ1) is 11.2. The van der Waals surface area contributed by atoms with Crippen LogP contribution < -0.4 is 4.74 Å². The molecule has 1 aromatic carbocycles. The van der Waals surface area contributed by atoms with Crippen LogP contribution in [0.4, 0.5) is 0 Å². The van der Waals surface area contributed by atoms with E-state index in [4.69, 9.17) is 25.6 Å². The number of halogens is 1. The van der Waals surface area contributed by atoms with Gasteiger partial charge in [-0.1, -0.05) is 29.6 Å². The third-order valence-corrected chi connectivity index (χ3v) is 4.57. The fraction of sp³-hybridized carbons (Fsp3) is 0.529. The molecule has 5 nitrogen and oxygen atoms in total. The molecule has 0 saturated heterocycles. The van der Waals surface area contributed by atoms with Crippen molar-refractivity contribution >= 4 is 11.6 Å². The molecule has 0 radical (unpaired) electrons. The first-order valence-corrected chi connectivity index (χ1v) is 8.31. The molecule has 1 unspecified atom stereocenters. The minimum absolute atomic E-state index is 0.102. The normalized spacial score (nSPS) is 16.7. The molecule has 1 aliphatic carbocycles. The maximum Gasteiger partial charge on any atom is 0.261 e. The van der Waals surface area contributed by atoms with E-state index in [1.165, 1.54) is 25.7 Å². The highest BCUT2D eigenvalue weighted by Crippen LogP contribution is 2.33. The van der Waals surface area contributed by atoms with Gasteiger partial charge in [0.25, 0.3) is 5.89 Å². The van der Waals surface area contributed by atoms with E-state index in [0.717, 1.165) is 0 Å². The number of ether oxygens (including phenoxy) is 2. The van der Waals surface area contributed by atoms with Gasteiger partial charge in [-0.3, -0.25) is 0 Å². The lowest BCUT2D eigenvalue weighted by Crippen LogP contribution is -2.27. The molecule has 1 atom stereocenters. The minimum Gasteiger partial charge on any atom is -0.490 e. The van der Waals surface area contributed by atoms with E-state index < -0.39 is 0 Å². The average molecular weight is 337 g/mol. The highest BCUT2D eigenvalue weighted by atomic mass is 35.5. The number of methoxy groups -OCH3 is 1. The van der Waals surface area contributed by atoms with E-state index >= 15 is 0 Å². The second-order valence-electron chi connectivity index (χ2n) is 5.92. The van der Waals surface area contributed by atoms with E-state index in [0.29, 0.717) is 40.6 Å². The Bertz CT molecular complexity index is 653. The molecule has 0 N–H and O–H groups in total. The summed E-state index contributed by atoms with van der Waals surface area (Å²) in [6.45, 7) is 2.28. The number of aromatic nitrogens is 2. The molecule has 0 spiro atoms. The Hall–Kier alpha value is -1.59. The first-order valence-electron chi connectivity index (χ1n) is 7.93. The summed E-state index contributed by atoms with van der Waals surface area (Å²) < 4.78 is 16.9. The molecule has 23 heavy (non-hydrogen) atoms. The van der Waals surface area contributed by atoms with Crippen LogP contribution in [-0.2, 0) is 4.74 Å². The Morgan fingerprint density at radius 3 is 2.78 bits per heavy atom. The molecule has 1 aromatic heterocycles. The van der Waals surface area contributed by atoms with Crippen molar-refractivity contribution in [1.82, 2.24) is 10.1 Å². The second-order valence-corrected chi connectivity index (χ2v) is 6.35. The molecule has 2 aromatic rings. The van der Waals surface area contributed by atoms with Gasteiger partial charge in [0.1, 0.15) is 12.4 Å². The van der Waals surface area contributed by atoms with Gasteiger partial charge < -0.3 is 14.0 Å². The third kappa shape index (κ3) is 3.85. The smallest absolute Gasteiger partial charge is 0.261 e. The Kier molecular flexibility index (Phi) is 5.18. The van der Waals surface area contributed by atoms with E-state index in [1.54, 1.807) is 26.2 Å². The SMILES string of the molecule is COC(COc1ccc(Cl)cc1-c1nc(C)no1)C1CCCC1. The lowest BCUT2D eigenvalue weighted by Gasteiger charge is -2.22. The average Bonchev–Trinajstić information content (AvgIpc) is 3.21. The zero-order chi connectivity index (χ0) is 16.2. The second kappa shape index (κ2) is 7.32. The molecule has 1 aliphatic rings. The molecule has 3 rings (SSSR count). The summed E-state index contributed by atoms with van der Waals surface area (Å²) in [5, 5.41) is 4.43. The molecule has 124 valence electrons. The summed E-state index contributed by atoms with van der Waals surface area (Å²) in [6, 6.07) is 5.40. The van der Waals surface area contributed by atoms with Crippen molar-refractivity contribution < 1.29 is 14.0 Å². The van der Waals surface area contributed by atoms with Gasteiger partial charge in [-0.05, 0) is 43.9 Å². The number of aryl methyl sites for hydroxylation is 1. The maximum absolute atomic E-state index is 6.10. The van der Waals surface area contributed by atoms with Gasteiger partial charge in [0.05, 0.1) is 11.7 Å². The van der Waals surface area contributed by atoms with Crippen LogP contribution in [0.3, 0.4) is 0 Å². The molecular formula is C17H21ClN2O3. The van der Waals surface area contributed by atoms with Gasteiger partial charge in [-0.15, -0.1) is 0 Å². The third-order valence-electron chi connectivity index (χ3n) is 4.33. The fourth-order valence-electron chi connectivity index (χ4n) is 3.10. The topological polar surface area (TPSA) is 57.4 Å². The van der Waals surface area contributed by atoms with E-state index in [-0.39, 0.29) is 6.10 Å². The zero-order valence-corrected chi connectivity index (χ0v) is 14.2. The highest BCUT2D eigenvalue weighted by Gasteiger charge is 2.26. The number of nitrogens with zero attached hydrogens (tertiary/aromatic N) is 2. The maximum atomic E-state index is 6.10. The van der Waals surface area contributed by atoms with Crippen LogP contribution in [-0.4, -0.2) is 30.0 Å². The summed E-state index contributed by atoms with van der Waals surface area (Å²) in [6.07, 6.45) is 5.07. The molecular weight excluding hydrogens is 316 g/mol. The molecule has 0 amide bonds. The Morgan fingerprint density at radius 2 is 2.13 bits per heavy atom. The van der Waals surface area contributed by atoms with Crippen molar-refractivity contribution in [2.45, 2.75) is 38.7 Å². The molecule has 1 heterocycles. The lowest BCUT2D eigenvalue weighted by molar-refractivity contribution is 0.0174. The fourth-order valence-corrected chi connectivity index (χ4v) is 3.27. The Balaban J connectivity index is 1.76. The quantitative estimate of drug-likeness (QED) is 0.787. The van der Waals surface area contributed by atoms with E-state index in [2.05, 4.69) is 10.1 Å². The van der Waals surface area contributed by atoms with Crippen LogP contribution in [0.5, 0.6) is 5.75 Å². The van der Waals surface area contributed by atoms with Crippen molar-refractivity contribution in [2.24, 2.45) is 5.92 Å². The summed E-state index contributed by atoms with van der Waals surface area (Å²) in [5.74, 6) is 2.24. The molecule has 1 saturated carbocycles. The lowest BCUT2D eigenvalue weighted by atomic mass is 10.0. The minimum atomic E-state index is 0.102. The van der Waals surface area contributed by atoms with Crippen LogP contribution in [0.25, 0.3) is 11.5 Å².